The number of hydrogen-bond acceptors (Lipinski definition) is 4. The molecule has 5 heteroatoms. The fourth-order valence-electron chi connectivity index (χ4n) is 9.56. The van der Waals surface area contributed by atoms with Gasteiger partial charge in [0, 0.05) is 70.9 Å². The average Bonchev–Trinajstić information content (AvgIpc) is 4.05. The van der Waals surface area contributed by atoms with Crippen molar-refractivity contribution in [3.05, 3.63) is 194 Å². The van der Waals surface area contributed by atoms with Crippen LogP contribution in [0.3, 0.4) is 0 Å². The van der Waals surface area contributed by atoms with Crippen molar-refractivity contribution in [2.45, 2.75) is 0 Å². The molecular formula is C54H32NO2SSi. The second-order valence-corrected chi connectivity index (χ2v) is 18.9. The van der Waals surface area contributed by atoms with E-state index in [2.05, 4.69) is 175 Å². The van der Waals surface area contributed by atoms with E-state index >= 15 is 0 Å². The quantitative estimate of drug-likeness (QED) is 0.163. The molecule has 13 rings (SSSR count). The van der Waals surface area contributed by atoms with Gasteiger partial charge in [0.25, 0.3) is 0 Å². The first-order valence-corrected chi connectivity index (χ1v) is 22.3. The normalized spacial score (nSPS) is 12.7. The zero-order valence-electron chi connectivity index (χ0n) is 31.6. The second-order valence-electron chi connectivity index (χ2n) is 15.4. The third-order valence-corrected chi connectivity index (χ3v) is 16.1. The SMILES string of the molecule is c1ccc([Si]2c3ccccc3-c3c2ccc2sc4cccc(-c5ccc(N(c6ccc7c(c6)oc6ccccc67)c6ccc7c(c6)oc6ccccc67)cc5)c4c32)cc1. The summed E-state index contributed by atoms with van der Waals surface area (Å²) in [5.74, 6) is 0. The molecule has 0 amide bonds. The lowest BCUT2D eigenvalue weighted by atomic mass is 9.94. The van der Waals surface area contributed by atoms with Crippen LogP contribution in [0.1, 0.15) is 0 Å². The largest absolute Gasteiger partial charge is 0.456 e. The van der Waals surface area contributed by atoms with Gasteiger partial charge in [0.05, 0.1) is 0 Å². The number of hydrogen-bond donors (Lipinski definition) is 0. The minimum absolute atomic E-state index is 0.858. The summed E-state index contributed by atoms with van der Waals surface area (Å²) >= 11 is 1.90. The first-order valence-electron chi connectivity index (χ1n) is 20.0. The van der Waals surface area contributed by atoms with E-state index in [1.54, 1.807) is 0 Å². The Kier molecular flexibility index (Phi) is 7.05. The van der Waals surface area contributed by atoms with Crippen molar-refractivity contribution in [3.63, 3.8) is 0 Å². The molecule has 0 fully saturated rings. The standard InChI is InChI=1S/C54H32NO2SSi/c1-2-11-37(12-3-1)59-50-20-9-6-15-43(50)53-51(59)30-29-49-54(53)52-38(16-10-19-48(52)58-49)33-21-23-34(24-22-33)55(35-25-27-41-39-13-4-7-17-44(39)56-46(41)31-35)36-26-28-42-40-14-5-8-18-45(40)57-47(42)32-36/h1-32H. The molecule has 0 atom stereocenters. The van der Waals surface area contributed by atoms with Crippen molar-refractivity contribution in [1.82, 2.24) is 0 Å². The van der Waals surface area contributed by atoms with E-state index < -0.39 is 8.80 Å². The van der Waals surface area contributed by atoms with Gasteiger partial charge < -0.3 is 13.7 Å². The summed E-state index contributed by atoms with van der Waals surface area (Å²) in [4.78, 5) is 2.31. The van der Waals surface area contributed by atoms with Crippen LogP contribution in [0.15, 0.2) is 203 Å². The smallest absolute Gasteiger partial charge is 0.156 e. The number of rotatable bonds is 5. The first kappa shape index (κ1) is 32.9. The van der Waals surface area contributed by atoms with Crippen molar-refractivity contribution >= 4 is 117 Å². The predicted molar refractivity (Wildman–Crippen MR) is 251 cm³/mol. The van der Waals surface area contributed by atoms with Gasteiger partial charge in [-0.15, -0.1) is 11.3 Å². The van der Waals surface area contributed by atoms with Crippen LogP contribution in [0.2, 0.25) is 0 Å². The van der Waals surface area contributed by atoms with E-state index in [9.17, 15) is 0 Å². The van der Waals surface area contributed by atoms with E-state index in [0.717, 1.165) is 60.9 Å². The number of fused-ring (bicyclic) bond motifs is 13. The molecule has 1 aliphatic rings. The molecule has 9 aromatic carbocycles. The van der Waals surface area contributed by atoms with Gasteiger partial charge in [-0.25, -0.2) is 0 Å². The van der Waals surface area contributed by atoms with Crippen LogP contribution in [0.5, 0.6) is 0 Å². The molecule has 275 valence electrons. The number of anilines is 3. The van der Waals surface area contributed by atoms with Gasteiger partial charge in [0.15, 0.2) is 8.80 Å². The molecule has 0 aliphatic carbocycles. The highest BCUT2D eigenvalue weighted by atomic mass is 32.1. The summed E-state index contributed by atoms with van der Waals surface area (Å²) in [6, 6.07) is 70.5. The molecule has 12 aromatic rings. The maximum Gasteiger partial charge on any atom is 0.156 e. The van der Waals surface area contributed by atoms with Crippen molar-refractivity contribution in [1.29, 1.82) is 0 Å². The summed E-state index contributed by atoms with van der Waals surface area (Å²) in [5.41, 5.74) is 11.8. The van der Waals surface area contributed by atoms with Crippen LogP contribution in [-0.2, 0) is 0 Å². The lowest BCUT2D eigenvalue weighted by molar-refractivity contribution is 0.669. The van der Waals surface area contributed by atoms with E-state index in [-0.39, 0.29) is 0 Å². The van der Waals surface area contributed by atoms with E-state index in [4.69, 9.17) is 8.83 Å². The molecule has 59 heavy (non-hydrogen) atoms. The highest BCUT2D eigenvalue weighted by Gasteiger charge is 2.34. The van der Waals surface area contributed by atoms with Gasteiger partial charge in [0.1, 0.15) is 22.3 Å². The molecule has 1 aliphatic heterocycles. The van der Waals surface area contributed by atoms with E-state index in [1.165, 1.54) is 58.0 Å². The Morgan fingerprint density at radius 1 is 0.390 bits per heavy atom. The highest BCUT2D eigenvalue weighted by molar-refractivity contribution is 7.26. The van der Waals surface area contributed by atoms with Gasteiger partial charge >= 0.3 is 0 Å². The molecule has 0 unspecified atom stereocenters. The summed E-state index contributed by atoms with van der Waals surface area (Å²) in [6.07, 6.45) is 0. The number of nitrogens with zero attached hydrogens (tertiary/aromatic N) is 1. The molecular weight excluding hydrogens is 755 g/mol. The van der Waals surface area contributed by atoms with E-state index in [1.807, 2.05) is 35.6 Å². The molecule has 0 saturated heterocycles. The lowest BCUT2D eigenvalue weighted by Crippen LogP contribution is -2.48. The Balaban J connectivity index is 0.980. The number of para-hydroxylation sites is 2. The summed E-state index contributed by atoms with van der Waals surface area (Å²) in [7, 11) is -1.14. The minimum atomic E-state index is -1.14. The van der Waals surface area contributed by atoms with Gasteiger partial charge in [-0.1, -0.05) is 127 Å². The Labute approximate surface area is 345 Å². The molecule has 0 spiro atoms. The van der Waals surface area contributed by atoms with Crippen molar-refractivity contribution in [2.24, 2.45) is 0 Å². The molecule has 0 N–H and O–H groups in total. The van der Waals surface area contributed by atoms with Crippen LogP contribution in [0.4, 0.5) is 17.1 Å². The number of furan rings is 2. The topological polar surface area (TPSA) is 29.5 Å². The zero-order valence-corrected chi connectivity index (χ0v) is 33.5. The molecule has 3 aromatic heterocycles. The monoisotopic (exact) mass is 786 g/mol. The maximum absolute atomic E-state index is 6.41. The molecule has 0 saturated carbocycles. The molecule has 4 heterocycles. The van der Waals surface area contributed by atoms with Crippen LogP contribution in [-0.4, -0.2) is 8.80 Å². The van der Waals surface area contributed by atoms with Crippen molar-refractivity contribution < 1.29 is 8.83 Å². The van der Waals surface area contributed by atoms with E-state index in [0.29, 0.717) is 0 Å². The predicted octanol–water partition coefficient (Wildman–Crippen LogP) is 13.5. The lowest BCUT2D eigenvalue weighted by Gasteiger charge is -2.25. The van der Waals surface area contributed by atoms with Gasteiger partial charge in [-0.3, -0.25) is 0 Å². The van der Waals surface area contributed by atoms with Gasteiger partial charge in [0.2, 0.25) is 0 Å². The highest BCUT2D eigenvalue weighted by Crippen LogP contribution is 2.46. The Morgan fingerprint density at radius 2 is 0.966 bits per heavy atom. The third kappa shape index (κ3) is 4.92. The van der Waals surface area contributed by atoms with Gasteiger partial charge in [-0.2, -0.15) is 0 Å². The maximum atomic E-state index is 6.41. The van der Waals surface area contributed by atoms with Crippen LogP contribution < -0.4 is 20.5 Å². The fourth-order valence-corrected chi connectivity index (χ4v) is 13.6. The Hall–Kier alpha value is -7.18. The second kappa shape index (κ2) is 12.7. The zero-order chi connectivity index (χ0) is 38.6. The van der Waals surface area contributed by atoms with Gasteiger partial charge in [-0.05, 0) is 93.3 Å². The fraction of sp³-hybridized carbons (Fsp3) is 0. The molecule has 3 nitrogen and oxygen atoms in total. The number of thiophene rings is 1. The average molecular weight is 787 g/mol. The Bertz CT molecular complexity index is 3520. The first-order chi connectivity index (χ1) is 29.2. The summed E-state index contributed by atoms with van der Waals surface area (Å²) in [5, 5.41) is 11.6. The van der Waals surface area contributed by atoms with Crippen LogP contribution >= 0.6 is 11.3 Å². The van der Waals surface area contributed by atoms with Crippen LogP contribution in [0.25, 0.3) is 86.3 Å². The summed E-state index contributed by atoms with van der Waals surface area (Å²) in [6.45, 7) is 0. The van der Waals surface area contributed by atoms with Crippen LogP contribution in [0, 0.1) is 0 Å². The summed E-state index contributed by atoms with van der Waals surface area (Å²) < 4.78 is 15.5. The van der Waals surface area contributed by atoms with Crippen molar-refractivity contribution in [2.75, 3.05) is 4.90 Å². The Morgan fingerprint density at radius 3 is 1.68 bits per heavy atom. The molecule has 0 bridgehead atoms. The molecule has 1 radical (unpaired) electrons. The number of benzene rings is 9. The minimum Gasteiger partial charge on any atom is -0.456 e. The third-order valence-electron chi connectivity index (χ3n) is 12.1. The van der Waals surface area contributed by atoms with Crippen molar-refractivity contribution in [3.8, 4) is 22.3 Å².